The van der Waals surface area contributed by atoms with E-state index in [9.17, 15) is 14.4 Å². The van der Waals surface area contributed by atoms with Crippen molar-refractivity contribution in [1.82, 2.24) is 15.1 Å². The van der Waals surface area contributed by atoms with E-state index < -0.39 is 0 Å². The average Bonchev–Trinajstić information content (AvgIpc) is 3.29. The molecule has 3 amide bonds. The molecule has 162 valence electrons. The molecule has 0 aliphatic carbocycles. The van der Waals surface area contributed by atoms with Crippen LogP contribution in [-0.2, 0) is 22.6 Å². The lowest BCUT2D eigenvalue weighted by Crippen LogP contribution is -2.57. The van der Waals surface area contributed by atoms with Crippen LogP contribution in [0, 0.1) is 0 Å². The summed E-state index contributed by atoms with van der Waals surface area (Å²) in [6.07, 6.45) is 2.83. The molecule has 0 radical (unpaired) electrons. The zero-order valence-corrected chi connectivity index (χ0v) is 19.0. The van der Waals surface area contributed by atoms with Crippen molar-refractivity contribution >= 4 is 41.2 Å². The minimum Gasteiger partial charge on any atom is -0.352 e. The van der Waals surface area contributed by atoms with Gasteiger partial charge in [-0.25, -0.2) is 0 Å². The highest BCUT2D eigenvalue weighted by Gasteiger charge is 2.42. The summed E-state index contributed by atoms with van der Waals surface area (Å²) in [5, 5.41) is 2.95. The third-order valence-electron chi connectivity index (χ3n) is 5.57. The summed E-state index contributed by atoms with van der Waals surface area (Å²) < 4.78 is 0. The van der Waals surface area contributed by atoms with Crippen LogP contribution in [0.25, 0.3) is 0 Å². The van der Waals surface area contributed by atoms with Crippen molar-refractivity contribution in [3.63, 3.8) is 0 Å². The molecule has 1 atom stereocenters. The van der Waals surface area contributed by atoms with Gasteiger partial charge in [0.2, 0.25) is 11.8 Å². The molecule has 31 heavy (non-hydrogen) atoms. The number of carbonyl (C=O) groups excluding carboxylic acids is 3. The number of amides is 3. The van der Waals surface area contributed by atoms with Crippen molar-refractivity contribution in [3.8, 4) is 0 Å². The Bertz CT molecular complexity index is 963. The van der Waals surface area contributed by atoms with Gasteiger partial charge < -0.3 is 15.1 Å². The molecule has 2 heterocycles. The molecular formula is C23H25N3O3S2. The maximum absolute atomic E-state index is 12.7. The smallest absolute Gasteiger partial charge is 0.251 e. The topological polar surface area (TPSA) is 69.7 Å². The number of carbonyl (C=O) groups is 3. The summed E-state index contributed by atoms with van der Waals surface area (Å²) in [6, 6.07) is 15.3. The van der Waals surface area contributed by atoms with E-state index in [-0.39, 0.29) is 30.3 Å². The zero-order chi connectivity index (χ0) is 21.8. The highest BCUT2D eigenvalue weighted by atomic mass is 32.2. The van der Waals surface area contributed by atoms with E-state index >= 15 is 0 Å². The maximum atomic E-state index is 12.7. The first-order valence-corrected chi connectivity index (χ1v) is 12.6. The van der Waals surface area contributed by atoms with Crippen molar-refractivity contribution in [2.75, 3.05) is 31.0 Å². The molecule has 0 bridgehead atoms. The van der Waals surface area contributed by atoms with Crippen LogP contribution in [0.3, 0.4) is 0 Å². The summed E-state index contributed by atoms with van der Waals surface area (Å²) >= 11 is 3.33. The molecule has 1 N–H and O–H groups in total. The van der Waals surface area contributed by atoms with E-state index in [4.69, 9.17) is 0 Å². The van der Waals surface area contributed by atoms with Gasteiger partial charge in [0.25, 0.3) is 5.91 Å². The van der Waals surface area contributed by atoms with Crippen LogP contribution in [-0.4, -0.2) is 64.5 Å². The lowest BCUT2D eigenvalue weighted by Gasteiger charge is -2.35. The van der Waals surface area contributed by atoms with Gasteiger partial charge in [0, 0.05) is 29.3 Å². The normalized spacial score (nSPS) is 18.3. The van der Waals surface area contributed by atoms with E-state index in [1.165, 1.54) is 10.5 Å². The molecule has 2 aliphatic heterocycles. The first kappa shape index (κ1) is 21.8. The second-order valence-corrected chi connectivity index (χ2v) is 9.50. The number of hydrogen-bond acceptors (Lipinski definition) is 5. The lowest BCUT2D eigenvalue weighted by molar-refractivity contribution is -0.153. The van der Waals surface area contributed by atoms with Crippen LogP contribution in [0.4, 0.5) is 0 Å². The SMILES string of the molecule is CSc1ccc(CCNC(=O)c2ccc(CN3CC(=O)N4CSC[C@@H]4C3=O)cc2)cc1. The number of benzene rings is 2. The molecule has 0 unspecified atom stereocenters. The number of fused-ring (bicyclic) bond motifs is 1. The van der Waals surface area contributed by atoms with Crippen LogP contribution >= 0.6 is 23.5 Å². The summed E-state index contributed by atoms with van der Waals surface area (Å²) in [4.78, 5) is 41.9. The first-order chi connectivity index (χ1) is 15.0. The number of hydrogen-bond donors (Lipinski definition) is 1. The Kier molecular flexibility index (Phi) is 6.87. The lowest BCUT2D eigenvalue weighted by atomic mass is 10.1. The Morgan fingerprint density at radius 3 is 2.52 bits per heavy atom. The first-order valence-electron chi connectivity index (χ1n) is 10.2. The maximum Gasteiger partial charge on any atom is 0.251 e. The Morgan fingerprint density at radius 2 is 1.81 bits per heavy atom. The van der Waals surface area contributed by atoms with Crippen molar-refractivity contribution in [3.05, 3.63) is 65.2 Å². The van der Waals surface area contributed by atoms with E-state index in [0.717, 1.165) is 12.0 Å². The summed E-state index contributed by atoms with van der Waals surface area (Å²) in [5.41, 5.74) is 2.68. The molecule has 2 saturated heterocycles. The molecule has 0 spiro atoms. The van der Waals surface area contributed by atoms with Gasteiger partial charge in [0.15, 0.2) is 0 Å². The number of thioether (sulfide) groups is 2. The van der Waals surface area contributed by atoms with Gasteiger partial charge in [0.1, 0.15) is 12.6 Å². The minimum atomic E-state index is -0.326. The molecule has 4 rings (SSSR count). The molecule has 2 aromatic carbocycles. The monoisotopic (exact) mass is 455 g/mol. The number of piperazine rings is 1. The van der Waals surface area contributed by atoms with E-state index in [1.807, 2.05) is 18.4 Å². The largest absolute Gasteiger partial charge is 0.352 e. The molecule has 8 heteroatoms. The van der Waals surface area contributed by atoms with E-state index in [2.05, 4.69) is 29.6 Å². The van der Waals surface area contributed by atoms with Gasteiger partial charge in [-0.15, -0.1) is 23.5 Å². The van der Waals surface area contributed by atoms with Crippen molar-refractivity contribution in [2.45, 2.75) is 23.9 Å². The van der Waals surface area contributed by atoms with Gasteiger partial charge in [-0.2, -0.15) is 0 Å². The van der Waals surface area contributed by atoms with Gasteiger partial charge in [0.05, 0.1) is 5.88 Å². The molecule has 2 aromatic rings. The Labute approximate surface area is 190 Å². The van der Waals surface area contributed by atoms with Crippen LogP contribution in [0.1, 0.15) is 21.5 Å². The zero-order valence-electron chi connectivity index (χ0n) is 17.4. The van der Waals surface area contributed by atoms with Crippen LogP contribution in [0.15, 0.2) is 53.4 Å². The molecule has 0 aromatic heterocycles. The average molecular weight is 456 g/mol. The molecule has 2 fully saturated rings. The fourth-order valence-electron chi connectivity index (χ4n) is 3.77. The van der Waals surface area contributed by atoms with Crippen molar-refractivity contribution in [1.29, 1.82) is 0 Å². The Morgan fingerprint density at radius 1 is 1.10 bits per heavy atom. The van der Waals surface area contributed by atoms with Crippen LogP contribution in [0.2, 0.25) is 0 Å². The molecule has 2 aliphatic rings. The third-order valence-corrected chi connectivity index (χ3v) is 7.33. The summed E-state index contributed by atoms with van der Waals surface area (Å²) in [5.74, 6) is 1.18. The standard InChI is InChI=1S/C23H25N3O3S2/c1-30-19-8-4-16(5-9-19)10-11-24-22(28)18-6-2-17(3-7-18)12-25-13-21(27)26-15-31-14-20(26)23(25)29/h2-9,20H,10-15H2,1H3,(H,24,28)/t20-/m1/s1. The van der Waals surface area contributed by atoms with Crippen molar-refractivity contribution in [2.24, 2.45) is 0 Å². The van der Waals surface area contributed by atoms with Crippen molar-refractivity contribution < 1.29 is 14.4 Å². The number of rotatable bonds is 7. The second kappa shape index (κ2) is 9.78. The third kappa shape index (κ3) is 5.07. The molecule has 0 saturated carbocycles. The fourth-order valence-corrected chi connectivity index (χ4v) is 5.35. The van der Waals surface area contributed by atoms with Gasteiger partial charge in [-0.1, -0.05) is 24.3 Å². The number of nitrogens with one attached hydrogen (secondary N) is 1. The fraction of sp³-hybridized carbons (Fsp3) is 0.348. The second-order valence-electron chi connectivity index (χ2n) is 7.62. The van der Waals surface area contributed by atoms with Crippen LogP contribution < -0.4 is 5.32 Å². The van der Waals surface area contributed by atoms with Crippen LogP contribution in [0.5, 0.6) is 0 Å². The van der Waals surface area contributed by atoms with Gasteiger partial charge >= 0.3 is 0 Å². The van der Waals surface area contributed by atoms with E-state index in [0.29, 0.717) is 30.3 Å². The quantitative estimate of drug-likeness (QED) is 0.650. The summed E-state index contributed by atoms with van der Waals surface area (Å²) in [6.45, 7) is 1.07. The predicted octanol–water partition coefficient (Wildman–Crippen LogP) is 2.62. The number of nitrogens with zero attached hydrogens (tertiary/aromatic N) is 2. The highest BCUT2D eigenvalue weighted by Crippen LogP contribution is 2.26. The summed E-state index contributed by atoms with van der Waals surface area (Å²) in [7, 11) is 0. The van der Waals surface area contributed by atoms with Gasteiger partial charge in [-0.05, 0) is 48.1 Å². The Balaban J connectivity index is 1.28. The molecule has 6 nitrogen and oxygen atoms in total. The highest BCUT2D eigenvalue weighted by molar-refractivity contribution is 7.99. The van der Waals surface area contributed by atoms with E-state index in [1.54, 1.807) is 45.5 Å². The Hall–Kier alpha value is -2.45. The van der Waals surface area contributed by atoms with Gasteiger partial charge in [-0.3, -0.25) is 14.4 Å². The minimum absolute atomic E-state index is 0.00804. The molecular weight excluding hydrogens is 430 g/mol. The predicted molar refractivity (Wildman–Crippen MR) is 124 cm³/mol.